The smallest absolute Gasteiger partial charge is 0.277 e. The molecule has 29 heavy (non-hydrogen) atoms. The molecule has 1 aromatic carbocycles. The van der Waals surface area contributed by atoms with E-state index in [-0.39, 0.29) is 17.8 Å². The summed E-state index contributed by atoms with van der Waals surface area (Å²) in [6, 6.07) is 9.30. The highest BCUT2D eigenvalue weighted by Crippen LogP contribution is 2.31. The van der Waals surface area contributed by atoms with Crippen LogP contribution in [0.4, 0.5) is 0 Å². The van der Waals surface area contributed by atoms with E-state index in [0.717, 1.165) is 11.3 Å². The Bertz CT molecular complexity index is 986. The molecule has 1 aliphatic rings. The number of ether oxygens (including phenoxy) is 2. The van der Waals surface area contributed by atoms with Crippen LogP contribution in [0.5, 0.6) is 11.5 Å². The maximum atomic E-state index is 12.7. The van der Waals surface area contributed by atoms with Crippen molar-refractivity contribution in [2.75, 3.05) is 25.4 Å². The highest BCUT2D eigenvalue weighted by molar-refractivity contribution is 7.99. The molecule has 4 rings (SSSR count). The summed E-state index contributed by atoms with van der Waals surface area (Å²) < 4.78 is 22.6. The highest BCUT2D eigenvalue weighted by Gasteiger charge is 2.25. The quantitative estimate of drug-likeness (QED) is 0.542. The van der Waals surface area contributed by atoms with E-state index in [1.54, 1.807) is 17.2 Å². The molecule has 0 N–H and O–H groups in total. The third-order valence-electron chi connectivity index (χ3n) is 4.54. The van der Waals surface area contributed by atoms with Crippen LogP contribution in [0.25, 0.3) is 11.5 Å². The van der Waals surface area contributed by atoms with Gasteiger partial charge in [0.1, 0.15) is 12.4 Å². The molecule has 0 saturated carbocycles. The second-order valence-electron chi connectivity index (χ2n) is 6.48. The zero-order chi connectivity index (χ0) is 20.2. The van der Waals surface area contributed by atoms with Crippen molar-refractivity contribution in [3.63, 3.8) is 0 Å². The van der Waals surface area contributed by atoms with Crippen molar-refractivity contribution in [1.29, 1.82) is 0 Å². The van der Waals surface area contributed by atoms with Crippen molar-refractivity contribution in [3.8, 4) is 23.0 Å². The Balaban J connectivity index is 1.32. The van der Waals surface area contributed by atoms with Gasteiger partial charge in [0.05, 0.1) is 24.1 Å². The minimum atomic E-state index is -0.210. The number of aromatic nitrogens is 2. The summed E-state index contributed by atoms with van der Waals surface area (Å²) in [5, 5.41) is 8.36. The molecule has 9 heteroatoms. The lowest BCUT2D eigenvalue weighted by atomic mass is 10.2. The number of fused-ring (bicyclic) bond motifs is 1. The predicted molar refractivity (Wildman–Crippen MR) is 106 cm³/mol. The highest BCUT2D eigenvalue weighted by atomic mass is 32.2. The van der Waals surface area contributed by atoms with Gasteiger partial charge in [-0.05, 0) is 32.0 Å². The number of aryl methyl sites for hydroxylation is 1. The number of carbonyl (C=O) groups excluding carboxylic acids is 1. The van der Waals surface area contributed by atoms with Crippen LogP contribution in [0.3, 0.4) is 0 Å². The van der Waals surface area contributed by atoms with Crippen LogP contribution in [0.2, 0.25) is 0 Å². The normalized spacial score (nSPS) is 15.3. The van der Waals surface area contributed by atoms with Gasteiger partial charge in [-0.1, -0.05) is 23.9 Å². The maximum absolute atomic E-state index is 12.7. The first kappa shape index (κ1) is 19.4. The van der Waals surface area contributed by atoms with Gasteiger partial charge in [0, 0.05) is 6.54 Å². The van der Waals surface area contributed by atoms with Crippen LogP contribution in [-0.2, 0) is 4.79 Å². The van der Waals surface area contributed by atoms with Gasteiger partial charge in [-0.2, -0.15) is 0 Å². The van der Waals surface area contributed by atoms with Gasteiger partial charge in [0.15, 0.2) is 17.6 Å². The second-order valence-corrected chi connectivity index (χ2v) is 7.41. The topological polar surface area (TPSA) is 90.8 Å². The molecule has 1 atom stereocenters. The zero-order valence-electron chi connectivity index (χ0n) is 16.2. The number of para-hydroxylation sites is 2. The monoisotopic (exact) mass is 415 g/mol. The molecule has 2 aromatic heterocycles. The average molecular weight is 415 g/mol. The molecule has 0 bridgehead atoms. The minimum absolute atomic E-state index is 0.0285. The summed E-state index contributed by atoms with van der Waals surface area (Å²) >= 11 is 1.21. The van der Waals surface area contributed by atoms with Crippen LogP contribution < -0.4 is 9.47 Å². The number of nitrogens with zero attached hydrogens (tertiary/aromatic N) is 3. The van der Waals surface area contributed by atoms with Crippen molar-refractivity contribution >= 4 is 17.7 Å². The van der Waals surface area contributed by atoms with Crippen LogP contribution >= 0.6 is 11.8 Å². The molecule has 0 fully saturated rings. The molecule has 8 nitrogen and oxygen atoms in total. The van der Waals surface area contributed by atoms with Gasteiger partial charge in [-0.15, -0.1) is 10.2 Å². The first-order valence-electron chi connectivity index (χ1n) is 9.31. The van der Waals surface area contributed by atoms with E-state index < -0.39 is 0 Å². The Morgan fingerprint density at radius 3 is 2.83 bits per heavy atom. The fourth-order valence-corrected chi connectivity index (χ4v) is 3.67. The van der Waals surface area contributed by atoms with E-state index in [9.17, 15) is 4.79 Å². The molecule has 3 aromatic rings. The lowest BCUT2D eigenvalue weighted by Gasteiger charge is -2.30. The first-order chi connectivity index (χ1) is 14.1. The van der Waals surface area contributed by atoms with Gasteiger partial charge >= 0.3 is 0 Å². The van der Waals surface area contributed by atoms with Gasteiger partial charge in [-0.3, -0.25) is 4.79 Å². The standard InChI is InChI=1S/C20H21N3O5S/c1-3-23(10-14-11-26-16-6-4-5-7-17(16)27-14)18(24)12-29-20-22-21-19(28-20)15-8-9-25-13(15)2/h4-9,14H,3,10-12H2,1-2H3/t14-/m1/s1. The zero-order valence-corrected chi connectivity index (χ0v) is 17.0. The molecular formula is C20H21N3O5S. The summed E-state index contributed by atoms with van der Waals surface area (Å²) in [6.07, 6.45) is 1.36. The summed E-state index contributed by atoms with van der Waals surface area (Å²) in [5.74, 6) is 2.69. The fourth-order valence-electron chi connectivity index (χ4n) is 3.00. The van der Waals surface area contributed by atoms with Crippen LogP contribution in [-0.4, -0.2) is 52.6 Å². The second kappa shape index (κ2) is 8.60. The van der Waals surface area contributed by atoms with Crippen molar-refractivity contribution in [2.45, 2.75) is 25.2 Å². The summed E-state index contributed by atoms with van der Waals surface area (Å²) in [6.45, 7) is 5.19. The average Bonchev–Trinajstić information content (AvgIpc) is 3.38. The Morgan fingerprint density at radius 2 is 2.07 bits per heavy atom. The number of thioether (sulfide) groups is 1. The largest absolute Gasteiger partial charge is 0.486 e. The van der Waals surface area contributed by atoms with E-state index in [0.29, 0.717) is 42.3 Å². The third kappa shape index (κ3) is 4.40. The Hall–Kier alpha value is -2.94. The lowest BCUT2D eigenvalue weighted by molar-refractivity contribution is -0.129. The summed E-state index contributed by atoms with van der Waals surface area (Å²) in [7, 11) is 0. The van der Waals surface area contributed by atoms with Crippen molar-refractivity contribution < 1.29 is 23.1 Å². The third-order valence-corrected chi connectivity index (χ3v) is 5.34. The van der Waals surface area contributed by atoms with E-state index in [1.165, 1.54) is 11.8 Å². The molecular weight excluding hydrogens is 394 g/mol. The fraction of sp³-hybridized carbons (Fsp3) is 0.350. The molecule has 0 saturated heterocycles. The number of amides is 1. The number of hydrogen-bond donors (Lipinski definition) is 0. The number of carbonyl (C=O) groups is 1. The molecule has 1 aliphatic heterocycles. The molecule has 0 unspecified atom stereocenters. The van der Waals surface area contributed by atoms with Gasteiger partial charge in [0.2, 0.25) is 5.91 Å². The van der Waals surface area contributed by atoms with E-state index in [4.69, 9.17) is 18.3 Å². The molecule has 0 spiro atoms. The number of benzene rings is 1. The Kier molecular flexibility index (Phi) is 5.75. The number of rotatable bonds is 7. The number of furan rings is 1. The van der Waals surface area contributed by atoms with E-state index in [1.807, 2.05) is 38.1 Å². The summed E-state index contributed by atoms with van der Waals surface area (Å²) in [4.78, 5) is 14.4. The molecule has 0 aliphatic carbocycles. The van der Waals surface area contributed by atoms with Crippen molar-refractivity contribution in [1.82, 2.24) is 15.1 Å². The SMILES string of the molecule is CCN(C[C@@H]1COc2ccccc2O1)C(=O)CSc1nnc(-c2ccoc2C)o1. The Labute approximate surface area is 172 Å². The maximum Gasteiger partial charge on any atom is 0.277 e. The predicted octanol–water partition coefficient (Wildman–Crippen LogP) is 3.42. The molecule has 152 valence electrons. The van der Waals surface area contributed by atoms with Crippen LogP contribution in [0.1, 0.15) is 12.7 Å². The molecule has 3 heterocycles. The van der Waals surface area contributed by atoms with Crippen molar-refractivity contribution in [2.24, 2.45) is 0 Å². The van der Waals surface area contributed by atoms with Gasteiger partial charge in [0.25, 0.3) is 11.1 Å². The first-order valence-corrected chi connectivity index (χ1v) is 10.3. The number of likely N-dealkylation sites (N-methyl/N-ethyl adjacent to an activating group) is 1. The lowest BCUT2D eigenvalue weighted by Crippen LogP contribution is -2.44. The Morgan fingerprint density at radius 1 is 1.24 bits per heavy atom. The molecule has 1 amide bonds. The number of hydrogen-bond acceptors (Lipinski definition) is 8. The van der Waals surface area contributed by atoms with E-state index >= 15 is 0 Å². The van der Waals surface area contributed by atoms with E-state index in [2.05, 4.69) is 10.2 Å². The van der Waals surface area contributed by atoms with Crippen LogP contribution in [0, 0.1) is 6.92 Å². The van der Waals surface area contributed by atoms with Gasteiger partial charge in [-0.25, -0.2) is 0 Å². The molecule has 0 radical (unpaired) electrons. The summed E-state index contributed by atoms with van der Waals surface area (Å²) in [5.41, 5.74) is 0.751. The minimum Gasteiger partial charge on any atom is -0.486 e. The van der Waals surface area contributed by atoms with Gasteiger partial charge < -0.3 is 23.2 Å². The van der Waals surface area contributed by atoms with Crippen LogP contribution in [0.15, 0.2) is 50.7 Å². The van der Waals surface area contributed by atoms with Crippen molar-refractivity contribution in [3.05, 3.63) is 42.4 Å².